The molecule has 6 heteroatoms. The maximum Gasteiger partial charge on any atom is 0.251 e. The van der Waals surface area contributed by atoms with Gasteiger partial charge in [0.25, 0.3) is 5.91 Å². The first-order valence-corrected chi connectivity index (χ1v) is 7.75. The fourth-order valence-electron chi connectivity index (χ4n) is 1.74. The summed E-state index contributed by atoms with van der Waals surface area (Å²) >= 11 is 6.23. The number of hydrogen-bond acceptors (Lipinski definition) is 4. The smallest absolute Gasteiger partial charge is 0.251 e. The average molecular weight is 329 g/mol. The van der Waals surface area contributed by atoms with Crippen molar-refractivity contribution in [1.29, 1.82) is 0 Å². The van der Waals surface area contributed by atoms with Crippen LogP contribution in [0, 0.1) is 0 Å². The van der Waals surface area contributed by atoms with Crippen molar-refractivity contribution in [2.24, 2.45) is 5.73 Å². The van der Waals surface area contributed by atoms with Crippen LogP contribution >= 0.6 is 11.6 Å². The zero-order valence-corrected chi connectivity index (χ0v) is 14.4. The Kier molecular flexibility index (Phi) is 6.97. The van der Waals surface area contributed by atoms with Crippen LogP contribution in [0.1, 0.15) is 44.0 Å². The van der Waals surface area contributed by atoms with Gasteiger partial charge in [-0.05, 0) is 32.4 Å². The lowest BCUT2D eigenvalue weighted by atomic mass is 10.0. The monoisotopic (exact) mass is 328 g/mol. The van der Waals surface area contributed by atoms with E-state index in [2.05, 4.69) is 12.2 Å². The molecule has 22 heavy (non-hydrogen) atoms. The molecule has 0 spiro atoms. The van der Waals surface area contributed by atoms with Crippen LogP contribution in [0.25, 0.3) is 0 Å². The Labute approximate surface area is 137 Å². The highest BCUT2D eigenvalue weighted by molar-refractivity contribution is 6.32. The lowest BCUT2D eigenvalue weighted by Gasteiger charge is -2.24. The molecule has 0 aliphatic carbocycles. The normalized spacial score (nSPS) is 11.2. The molecule has 0 heterocycles. The van der Waals surface area contributed by atoms with Gasteiger partial charge in [0.1, 0.15) is 0 Å². The van der Waals surface area contributed by atoms with Crippen LogP contribution in [0.2, 0.25) is 5.02 Å². The maximum absolute atomic E-state index is 12.3. The van der Waals surface area contributed by atoms with Crippen molar-refractivity contribution in [2.45, 2.75) is 39.2 Å². The summed E-state index contributed by atoms with van der Waals surface area (Å²) in [6.07, 6.45) is 1.95. The van der Waals surface area contributed by atoms with Gasteiger partial charge in [-0.15, -0.1) is 0 Å². The van der Waals surface area contributed by atoms with Crippen LogP contribution in [-0.2, 0) is 0 Å². The molecule has 3 N–H and O–H groups in total. The minimum Gasteiger partial charge on any atom is -0.493 e. The van der Waals surface area contributed by atoms with Gasteiger partial charge in [0.2, 0.25) is 0 Å². The summed E-state index contributed by atoms with van der Waals surface area (Å²) in [5.74, 6) is 0.655. The van der Waals surface area contributed by atoms with E-state index in [9.17, 15) is 4.79 Å². The summed E-state index contributed by atoms with van der Waals surface area (Å²) in [6, 6.07) is 3.20. The van der Waals surface area contributed by atoms with Crippen LogP contribution in [0.4, 0.5) is 0 Å². The first-order valence-electron chi connectivity index (χ1n) is 7.37. The van der Waals surface area contributed by atoms with Crippen molar-refractivity contribution in [1.82, 2.24) is 5.32 Å². The van der Waals surface area contributed by atoms with E-state index in [4.69, 9.17) is 26.8 Å². The molecule has 0 unspecified atom stereocenters. The standard InChI is InChI=1S/C16H25ClN2O3/c1-5-6-7-22-14-12(17)8-11(9-13(14)21-4)15(20)19-16(2,3)10-18/h8-9H,5-7,10,18H2,1-4H3,(H,19,20). The van der Waals surface area contributed by atoms with Crippen molar-refractivity contribution in [3.63, 3.8) is 0 Å². The molecule has 0 radical (unpaired) electrons. The number of nitrogens with one attached hydrogen (secondary N) is 1. The third-order valence-electron chi connectivity index (χ3n) is 3.20. The van der Waals surface area contributed by atoms with Crippen molar-refractivity contribution >= 4 is 17.5 Å². The Bertz CT molecular complexity index is 518. The van der Waals surface area contributed by atoms with E-state index in [1.54, 1.807) is 12.1 Å². The summed E-state index contributed by atoms with van der Waals surface area (Å²) in [7, 11) is 1.52. The molecule has 0 aromatic heterocycles. The molecule has 0 aliphatic heterocycles. The third-order valence-corrected chi connectivity index (χ3v) is 3.48. The van der Waals surface area contributed by atoms with Crippen molar-refractivity contribution < 1.29 is 14.3 Å². The molecular formula is C16H25ClN2O3. The number of methoxy groups -OCH3 is 1. The predicted molar refractivity (Wildman–Crippen MR) is 89.0 cm³/mol. The minimum absolute atomic E-state index is 0.254. The van der Waals surface area contributed by atoms with Gasteiger partial charge in [-0.3, -0.25) is 4.79 Å². The molecule has 0 saturated carbocycles. The van der Waals surface area contributed by atoms with Crippen LogP contribution in [0.3, 0.4) is 0 Å². The molecule has 0 atom stereocenters. The highest BCUT2D eigenvalue weighted by atomic mass is 35.5. The number of nitrogens with two attached hydrogens (primary N) is 1. The van der Waals surface area contributed by atoms with Crippen LogP contribution in [-0.4, -0.2) is 31.7 Å². The topological polar surface area (TPSA) is 73.6 Å². The van der Waals surface area contributed by atoms with E-state index in [1.807, 2.05) is 13.8 Å². The Hall–Kier alpha value is -1.46. The fraction of sp³-hybridized carbons (Fsp3) is 0.562. The number of unbranched alkanes of at least 4 members (excludes halogenated alkanes) is 1. The molecule has 0 bridgehead atoms. The van der Waals surface area contributed by atoms with Gasteiger partial charge in [-0.25, -0.2) is 0 Å². The molecule has 5 nitrogen and oxygen atoms in total. The first-order chi connectivity index (χ1) is 10.3. The summed E-state index contributed by atoms with van der Waals surface area (Å²) in [5, 5.41) is 3.21. The van der Waals surface area contributed by atoms with E-state index in [0.29, 0.717) is 35.2 Å². The van der Waals surface area contributed by atoms with Gasteiger partial charge in [-0.1, -0.05) is 24.9 Å². The predicted octanol–water partition coefficient (Wildman–Crippen LogP) is 2.99. The summed E-state index contributed by atoms with van der Waals surface area (Å²) in [5.41, 5.74) is 5.54. The molecule has 0 fully saturated rings. The minimum atomic E-state index is -0.493. The Morgan fingerprint density at radius 1 is 1.41 bits per heavy atom. The summed E-state index contributed by atoms with van der Waals surface area (Å²) in [4.78, 5) is 12.3. The zero-order valence-electron chi connectivity index (χ0n) is 13.7. The number of ether oxygens (including phenoxy) is 2. The number of carbonyl (C=O) groups is 1. The summed E-state index contributed by atoms with van der Waals surface area (Å²) < 4.78 is 10.9. The number of benzene rings is 1. The number of rotatable bonds is 8. The second-order valence-electron chi connectivity index (χ2n) is 5.73. The highest BCUT2D eigenvalue weighted by Gasteiger charge is 2.21. The first kappa shape index (κ1) is 18.6. The lowest BCUT2D eigenvalue weighted by Crippen LogP contribution is -2.48. The van der Waals surface area contributed by atoms with Gasteiger partial charge >= 0.3 is 0 Å². The Balaban J connectivity index is 2.99. The van der Waals surface area contributed by atoms with E-state index in [0.717, 1.165) is 12.8 Å². The van der Waals surface area contributed by atoms with Gasteiger partial charge in [0.15, 0.2) is 11.5 Å². The second kappa shape index (κ2) is 8.25. The molecular weight excluding hydrogens is 304 g/mol. The van der Waals surface area contributed by atoms with E-state index in [-0.39, 0.29) is 5.91 Å². The fourth-order valence-corrected chi connectivity index (χ4v) is 2.01. The van der Waals surface area contributed by atoms with Crippen LogP contribution in [0.15, 0.2) is 12.1 Å². The van der Waals surface area contributed by atoms with Crippen LogP contribution in [0.5, 0.6) is 11.5 Å². The van der Waals surface area contributed by atoms with Crippen molar-refractivity contribution in [2.75, 3.05) is 20.3 Å². The molecule has 1 amide bonds. The number of carbonyl (C=O) groups excluding carboxylic acids is 1. The van der Waals surface area contributed by atoms with Crippen molar-refractivity contribution in [3.8, 4) is 11.5 Å². The average Bonchev–Trinajstić information content (AvgIpc) is 2.48. The largest absolute Gasteiger partial charge is 0.493 e. The second-order valence-corrected chi connectivity index (χ2v) is 6.14. The molecule has 1 aromatic carbocycles. The number of halogens is 1. The van der Waals surface area contributed by atoms with Gasteiger partial charge in [0, 0.05) is 17.6 Å². The molecule has 0 saturated heterocycles. The maximum atomic E-state index is 12.3. The number of hydrogen-bond donors (Lipinski definition) is 2. The van der Waals surface area contributed by atoms with Gasteiger partial charge in [0.05, 0.1) is 18.7 Å². The highest BCUT2D eigenvalue weighted by Crippen LogP contribution is 2.36. The van der Waals surface area contributed by atoms with Crippen LogP contribution < -0.4 is 20.5 Å². The van der Waals surface area contributed by atoms with Gasteiger partial charge < -0.3 is 20.5 Å². The third kappa shape index (κ3) is 5.07. The van der Waals surface area contributed by atoms with E-state index < -0.39 is 5.54 Å². The van der Waals surface area contributed by atoms with Gasteiger partial charge in [-0.2, -0.15) is 0 Å². The molecule has 0 aliphatic rings. The zero-order chi connectivity index (χ0) is 16.8. The van der Waals surface area contributed by atoms with E-state index >= 15 is 0 Å². The molecule has 1 rings (SSSR count). The summed E-state index contributed by atoms with van der Waals surface area (Å²) in [6.45, 7) is 6.67. The SMILES string of the molecule is CCCCOc1c(Cl)cc(C(=O)NC(C)(C)CN)cc1OC. The molecule has 1 aromatic rings. The molecule has 124 valence electrons. The Morgan fingerprint density at radius 2 is 2.09 bits per heavy atom. The lowest BCUT2D eigenvalue weighted by molar-refractivity contribution is 0.0915. The quantitative estimate of drug-likeness (QED) is 0.719. The van der Waals surface area contributed by atoms with Crippen molar-refractivity contribution in [3.05, 3.63) is 22.7 Å². The number of amides is 1. The van der Waals surface area contributed by atoms with E-state index in [1.165, 1.54) is 7.11 Å². The Morgan fingerprint density at radius 3 is 2.64 bits per heavy atom.